The van der Waals surface area contributed by atoms with E-state index < -0.39 is 0 Å². The summed E-state index contributed by atoms with van der Waals surface area (Å²) in [6, 6.07) is 3.89. The van der Waals surface area contributed by atoms with Crippen LogP contribution in [0.4, 0.5) is 0 Å². The van der Waals surface area contributed by atoms with Crippen LogP contribution in [0.15, 0.2) is 18.2 Å². The van der Waals surface area contributed by atoms with E-state index in [9.17, 15) is 0 Å². The Morgan fingerprint density at radius 2 is 2.27 bits per heavy atom. The summed E-state index contributed by atoms with van der Waals surface area (Å²) in [7, 11) is 0. The van der Waals surface area contributed by atoms with Gasteiger partial charge < -0.3 is 0 Å². The van der Waals surface area contributed by atoms with Crippen LogP contribution >= 0.6 is 15.9 Å². The Hall–Kier alpha value is -0.700. The highest BCUT2D eigenvalue weighted by atomic mass is 79.9. The number of rotatable bonds is 2. The van der Waals surface area contributed by atoms with E-state index in [1.807, 2.05) is 31.2 Å². The predicted molar refractivity (Wildman–Crippen MR) is 49.6 cm³/mol. The molecular weight excluding hydrogens is 204 g/mol. The van der Waals surface area contributed by atoms with Gasteiger partial charge in [-0.25, -0.2) is 0 Å². The second-order valence-electron chi connectivity index (χ2n) is 2.16. The van der Waals surface area contributed by atoms with E-state index in [2.05, 4.69) is 26.1 Å². The number of hydrogen-bond acceptors (Lipinski definition) is 2. The van der Waals surface area contributed by atoms with Crippen molar-refractivity contribution in [2.75, 3.05) is 5.33 Å². The van der Waals surface area contributed by atoms with Crippen LogP contribution in [0.2, 0.25) is 0 Å². The molecule has 0 fully saturated rings. The average molecular weight is 213 g/mol. The first-order chi connectivity index (χ1) is 5.33. The minimum Gasteiger partial charge on any atom is -0.155 e. The highest BCUT2D eigenvalue weighted by Crippen LogP contribution is 1.97. The van der Waals surface area contributed by atoms with Crippen LogP contribution in [0.1, 0.15) is 11.4 Å². The van der Waals surface area contributed by atoms with Gasteiger partial charge in [0.05, 0.1) is 11.4 Å². The maximum atomic E-state index is 3.96. The van der Waals surface area contributed by atoms with Crippen molar-refractivity contribution in [3.63, 3.8) is 0 Å². The second-order valence-corrected chi connectivity index (χ2v) is 2.80. The molecule has 0 spiro atoms. The van der Waals surface area contributed by atoms with Crippen LogP contribution in [0.3, 0.4) is 0 Å². The molecule has 58 valence electrons. The lowest BCUT2D eigenvalue weighted by molar-refractivity contribution is 0.969. The van der Waals surface area contributed by atoms with Crippen molar-refractivity contribution in [3.05, 3.63) is 29.6 Å². The highest BCUT2D eigenvalue weighted by Gasteiger charge is 1.87. The number of hydrogen-bond donors (Lipinski definition) is 0. The molecule has 0 saturated carbocycles. The van der Waals surface area contributed by atoms with Gasteiger partial charge in [0.2, 0.25) is 0 Å². The Morgan fingerprint density at radius 3 is 2.82 bits per heavy atom. The molecule has 3 heteroatoms. The van der Waals surface area contributed by atoms with Crippen LogP contribution in [0.25, 0.3) is 6.08 Å². The molecule has 0 radical (unpaired) electrons. The molecule has 2 nitrogen and oxygen atoms in total. The number of aromatic nitrogens is 2. The molecule has 0 saturated heterocycles. The smallest absolute Gasteiger partial charge is 0.0854 e. The minimum absolute atomic E-state index is 0.850. The van der Waals surface area contributed by atoms with Crippen molar-refractivity contribution in [2.45, 2.75) is 6.92 Å². The Kier molecular flexibility index (Phi) is 3.23. The molecule has 0 aliphatic rings. The predicted octanol–water partition coefficient (Wildman–Crippen LogP) is 2.19. The van der Waals surface area contributed by atoms with E-state index in [-0.39, 0.29) is 0 Å². The van der Waals surface area contributed by atoms with Crippen molar-refractivity contribution >= 4 is 22.0 Å². The molecule has 0 N–H and O–H groups in total. The first kappa shape index (κ1) is 8.40. The number of halogens is 1. The third-order valence-corrected chi connectivity index (χ3v) is 1.57. The van der Waals surface area contributed by atoms with Gasteiger partial charge in [-0.2, -0.15) is 10.2 Å². The fourth-order valence-corrected chi connectivity index (χ4v) is 0.850. The van der Waals surface area contributed by atoms with E-state index in [0.29, 0.717) is 0 Å². The van der Waals surface area contributed by atoms with Gasteiger partial charge in [0.1, 0.15) is 0 Å². The van der Waals surface area contributed by atoms with Gasteiger partial charge in [0.15, 0.2) is 0 Å². The first-order valence-corrected chi connectivity index (χ1v) is 4.48. The third-order valence-electron chi connectivity index (χ3n) is 1.20. The minimum atomic E-state index is 0.850. The standard InChI is InChI=1S/C8H9BrN2/c1-7-4-5-8(11-10-7)3-2-6-9/h2-5H,6H2,1H3. The molecular formula is C8H9BrN2. The van der Waals surface area contributed by atoms with E-state index in [4.69, 9.17) is 0 Å². The average Bonchev–Trinajstić information content (AvgIpc) is 2.04. The molecule has 1 aromatic rings. The summed E-state index contributed by atoms with van der Waals surface area (Å²) in [5, 5.41) is 8.72. The second kappa shape index (κ2) is 4.23. The quantitative estimate of drug-likeness (QED) is 0.703. The van der Waals surface area contributed by atoms with Gasteiger partial charge in [-0.05, 0) is 25.1 Å². The lowest BCUT2D eigenvalue weighted by atomic mass is 10.3. The Balaban J connectivity index is 2.73. The van der Waals surface area contributed by atoms with Crippen LogP contribution in [0, 0.1) is 6.92 Å². The third kappa shape index (κ3) is 2.80. The number of aryl methyl sites for hydroxylation is 1. The molecule has 1 rings (SSSR count). The van der Waals surface area contributed by atoms with Crippen LogP contribution in [0.5, 0.6) is 0 Å². The van der Waals surface area contributed by atoms with Crippen LogP contribution in [-0.2, 0) is 0 Å². The van der Waals surface area contributed by atoms with Gasteiger partial charge >= 0.3 is 0 Å². The molecule has 0 aliphatic carbocycles. The summed E-state index contributed by atoms with van der Waals surface area (Å²) in [5.41, 5.74) is 1.84. The van der Waals surface area contributed by atoms with Gasteiger partial charge in [0.25, 0.3) is 0 Å². The van der Waals surface area contributed by atoms with Crippen molar-refractivity contribution in [1.29, 1.82) is 0 Å². The van der Waals surface area contributed by atoms with Crippen LogP contribution < -0.4 is 0 Å². The topological polar surface area (TPSA) is 25.8 Å². The molecule has 1 aromatic heterocycles. The fourth-order valence-electron chi connectivity index (χ4n) is 0.663. The zero-order valence-electron chi connectivity index (χ0n) is 6.29. The van der Waals surface area contributed by atoms with Crippen molar-refractivity contribution in [1.82, 2.24) is 10.2 Å². The maximum absolute atomic E-state index is 3.96. The summed E-state index contributed by atoms with van der Waals surface area (Å²) in [5.74, 6) is 0. The summed E-state index contributed by atoms with van der Waals surface area (Å²) in [6.07, 6.45) is 3.92. The van der Waals surface area contributed by atoms with Crippen LogP contribution in [-0.4, -0.2) is 15.5 Å². The van der Waals surface area contributed by atoms with E-state index in [1.165, 1.54) is 0 Å². The fraction of sp³-hybridized carbons (Fsp3) is 0.250. The molecule has 0 bridgehead atoms. The van der Waals surface area contributed by atoms with E-state index >= 15 is 0 Å². The van der Waals surface area contributed by atoms with Gasteiger partial charge in [-0.3, -0.25) is 0 Å². The van der Waals surface area contributed by atoms with Gasteiger partial charge in [0, 0.05) is 5.33 Å². The molecule has 0 atom stereocenters. The molecule has 0 unspecified atom stereocenters. The maximum Gasteiger partial charge on any atom is 0.0854 e. The molecule has 0 aromatic carbocycles. The summed E-state index contributed by atoms with van der Waals surface area (Å²) < 4.78 is 0. The van der Waals surface area contributed by atoms with E-state index in [0.717, 1.165) is 16.7 Å². The summed E-state index contributed by atoms with van der Waals surface area (Å²) in [4.78, 5) is 0. The van der Waals surface area contributed by atoms with Crippen molar-refractivity contribution < 1.29 is 0 Å². The number of allylic oxidation sites excluding steroid dienone is 1. The summed E-state index contributed by atoms with van der Waals surface area (Å²) in [6.45, 7) is 1.92. The largest absolute Gasteiger partial charge is 0.155 e. The Bertz CT molecular complexity index is 241. The van der Waals surface area contributed by atoms with Gasteiger partial charge in [-0.15, -0.1) is 0 Å². The lowest BCUT2D eigenvalue weighted by Crippen LogP contribution is -1.87. The SMILES string of the molecule is Cc1ccc(C=CCBr)nn1. The molecule has 11 heavy (non-hydrogen) atoms. The normalized spacial score (nSPS) is 10.7. The number of nitrogens with zero attached hydrogens (tertiary/aromatic N) is 2. The first-order valence-electron chi connectivity index (χ1n) is 3.36. The molecule has 1 heterocycles. The Morgan fingerprint density at radius 1 is 1.45 bits per heavy atom. The zero-order valence-corrected chi connectivity index (χ0v) is 7.87. The van der Waals surface area contributed by atoms with Gasteiger partial charge in [-0.1, -0.05) is 22.0 Å². The number of alkyl halides is 1. The monoisotopic (exact) mass is 212 g/mol. The Labute approximate surface area is 74.5 Å². The highest BCUT2D eigenvalue weighted by molar-refractivity contribution is 9.09. The molecule has 0 amide bonds. The van der Waals surface area contributed by atoms with E-state index in [1.54, 1.807) is 0 Å². The summed E-state index contributed by atoms with van der Waals surface area (Å²) >= 11 is 3.29. The molecule has 0 aliphatic heterocycles. The van der Waals surface area contributed by atoms with Crippen molar-refractivity contribution in [3.8, 4) is 0 Å². The zero-order chi connectivity index (χ0) is 8.10. The lowest BCUT2D eigenvalue weighted by Gasteiger charge is -1.90. The van der Waals surface area contributed by atoms with Crippen molar-refractivity contribution in [2.24, 2.45) is 0 Å².